The quantitative estimate of drug-likeness (QED) is 0.815. The standard InChI is InChI=1S/C19H23ClN4O2/c1-24-17(22-18(25)14-4-2-3-5-14)12-16(23-24)19(26)21-11-10-13-6-8-15(20)9-7-13/h6-9,12,14H,2-5,10-11H2,1H3,(H,21,26)(H,22,25). The molecule has 1 aliphatic rings. The largest absolute Gasteiger partial charge is 0.350 e. The van der Waals surface area contributed by atoms with Crippen LogP contribution in [-0.4, -0.2) is 28.1 Å². The van der Waals surface area contributed by atoms with Crippen LogP contribution in [-0.2, 0) is 18.3 Å². The van der Waals surface area contributed by atoms with Gasteiger partial charge < -0.3 is 10.6 Å². The van der Waals surface area contributed by atoms with E-state index in [0.717, 1.165) is 31.2 Å². The molecule has 0 saturated heterocycles. The third-order valence-electron chi connectivity index (χ3n) is 4.70. The van der Waals surface area contributed by atoms with Crippen molar-refractivity contribution in [1.82, 2.24) is 15.1 Å². The molecule has 0 atom stereocenters. The van der Waals surface area contributed by atoms with Gasteiger partial charge in [-0.2, -0.15) is 5.10 Å². The van der Waals surface area contributed by atoms with Gasteiger partial charge in [-0.1, -0.05) is 36.6 Å². The Bertz CT molecular complexity index is 779. The number of hydrogen-bond donors (Lipinski definition) is 2. The minimum atomic E-state index is -0.254. The number of benzene rings is 1. The number of rotatable bonds is 6. The smallest absolute Gasteiger partial charge is 0.271 e. The zero-order chi connectivity index (χ0) is 18.5. The highest BCUT2D eigenvalue weighted by atomic mass is 35.5. The Balaban J connectivity index is 1.52. The van der Waals surface area contributed by atoms with Crippen LogP contribution in [0.2, 0.25) is 5.02 Å². The molecule has 7 heteroatoms. The highest BCUT2D eigenvalue weighted by Crippen LogP contribution is 2.26. The SMILES string of the molecule is Cn1nc(C(=O)NCCc2ccc(Cl)cc2)cc1NC(=O)C1CCCC1. The summed E-state index contributed by atoms with van der Waals surface area (Å²) in [7, 11) is 1.72. The van der Waals surface area contributed by atoms with Crippen LogP contribution in [0.25, 0.3) is 0 Å². The molecule has 2 aromatic rings. The monoisotopic (exact) mass is 374 g/mol. The lowest BCUT2D eigenvalue weighted by atomic mass is 10.1. The van der Waals surface area contributed by atoms with Crippen molar-refractivity contribution in [3.8, 4) is 0 Å². The van der Waals surface area contributed by atoms with Crippen LogP contribution in [0, 0.1) is 5.92 Å². The van der Waals surface area contributed by atoms with Gasteiger partial charge in [-0.25, -0.2) is 0 Å². The highest BCUT2D eigenvalue weighted by molar-refractivity contribution is 6.30. The number of aryl methyl sites for hydroxylation is 1. The maximum absolute atomic E-state index is 12.3. The molecule has 0 radical (unpaired) electrons. The zero-order valence-corrected chi connectivity index (χ0v) is 15.6. The molecule has 6 nitrogen and oxygen atoms in total. The molecule has 138 valence electrons. The zero-order valence-electron chi connectivity index (χ0n) is 14.8. The minimum Gasteiger partial charge on any atom is -0.350 e. The van der Waals surface area contributed by atoms with Crippen LogP contribution in [0.1, 0.15) is 41.7 Å². The Labute approximate surface area is 157 Å². The molecule has 1 aromatic heterocycles. The van der Waals surface area contributed by atoms with Gasteiger partial charge in [0.05, 0.1) is 0 Å². The average Bonchev–Trinajstić information content (AvgIpc) is 3.27. The molecule has 0 unspecified atom stereocenters. The second-order valence-corrected chi connectivity index (χ2v) is 7.08. The molecular formula is C19H23ClN4O2. The maximum atomic E-state index is 12.3. The minimum absolute atomic E-state index is 0.0141. The van der Waals surface area contributed by atoms with E-state index in [4.69, 9.17) is 11.6 Å². The van der Waals surface area contributed by atoms with Crippen LogP contribution in [0.3, 0.4) is 0 Å². The summed E-state index contributed by atoms with van der Waals surface area (Å²) >= 11 is 5.86. The molecule has 2 N–H and O–H groups in total. The Hall–Kier alpha value is -2.34. The molecule has 0 aliphatic heterocycles. The summed E-state index contributed by atoms with van der Waals surface area (Å²) in [6, 6.07) is 9.15. The van der Waals surface area contributed by atoms with Gasteiger partial charge in [0.2, 0.25) is 5.91 Å². The first kappa shape index (κ1) is 18.5. The van der Waals surface area contributed by atoms with Crippen LogP contribution < -0.4 is 10.6 Å². The normalized spacial score (nSPS) is 14.4. The summed E-state index contributed by atoms with van der Waals surface area (Å²) < 4.78 is 1.53. The molecule has 1 aromatic carbocycles. The number of aromatic nitrogens is 2. The lowest BCUT2D eigenvalue weighted by molar-refractivity contribution is -0.119. The predicted molar refractivity (Wildman–Crippen MR) is 101 cm³/mol. The molecule has 26 heavy (non-hydrogen) atoms. The summed E-state index contributed by atoms with van der Waals surface area (Å²) in [6.07, 6.45) is 4.78. The lowest BCUT2D eigenvalue weighted by Crippen LogP contribution is -2.26. The van der Waals surface area contributed by atoms with E-state index in [1.807, 2.05) is 24.3 Å². The van der Waals surface area contributed by atoms with E-state index in [1.165, 1.54) is 4.68 Å². The summed E-state index contributed by atoms with van der Waals surface area (Å²) in [6.45, 7) is 0.501. The second-order valence-electron chi connectivity index (χ2n) is 6.64. The van der Waals surface area contributed by atoms with Gasteiger partial charge in [0, 0.05) is 30.6 Å². The van der Waals surface area contributed by atoms with Gasteiger partial charge in [-0.05, 0) is 37.0 Å². The van der Waals surface area contributed by atoms with Crippen molar-refractivity contribution in [2.24, 2.45) is 13.0 Å². The molecular weight excluding hydrogens is 352 g/mol. The molecule has 1 fully saturated rings. The van der Waals surface area contributed by atoms with Gasteiger partial charge in [0.15, 0.2) is 5.69 Å². The number of halogens is 1. The molecule has 1 heterocycles. The molecule has 1 saturated carbocycles. The summed E-state index contributed by atoms with van der Waals surface area (Å²) in [4.78, 5) is 24.5. The Morgan fingerprint density at radius 2 is 1.92 bits per heavy atom. The third kappa shape index (κ3) is 4.64. The lowest BCUT2D eigenvalue weighted by Gasteiger charge is -2.09. The van der Waals surface area contributed by atoms with E-state index in [9.17, 15) is 9.59 Å². The van der Waals surface area contributed by atoms with E-state index < -0.39 is 0 Å². The number of carbonyl (C=O) groups excluding carboxylic acids is 2. The van der Waals surface area contributed by atoms with E-state index in [0.29, 0.717) is 29.5 Å². The number of carbonyl (C=O) groups is 2. The first-order chi connectivity index (χ1) is 12.5. The maximum Gasteiger partial charge on any atom is 0.271 e. The van der Waals surface area contributed by atoms with Crippen molar-refractivity contribution in [2.75, 3.05) is 11.9 Å². The summed E-state index contributed by atoms with van der Waals surface area (Å²) in [5, 5.41) is 10.6. The number of anilines is 1. The predicted octanol–water partition coefficient (Wildman–Crippen LogP) is 3.17. The van der Waals surface area contributed by atoms with E-state index >= 15 is 0 Å². The fourth-order valence-electron chi connectivity index (χ4n) is 3.17. The number of nitrogens with zero attached hydrogens (tertiary/aromatic N) is 2. The number of amides is 2. The first-order valence-corrected chi connectivity index (χ1v) is 9.28. The average molecular weight is 375 g/mol. The van der Waals surface area contributed by atoms with Gasteiger partial charge in [0.1, 0.15) is 5.82 Å². The van der Waals surface area contributed by atoms with Crippen LogP contribution >= 0.6 is 11.6 Å². The molecule has 0 spiro atoms. The van der Waals surface area contributed by atoms with Gasteiger partial charge in [-0.15, -0.1) is 0 Å². The van der Waals surface area contributed by atoms with Crippen molar-refractivity contribution in [3.63, 3.8) is 0 Å². The van der Waals surface area contributed by atoms with Gasteiger partial charge >= 0.3 is 0 Å². The third-order valence-corrected chi connectivity index (χ3v) is 4.95. The van der Waals surface area contributed by atoms with Gasteiger partial charge in [0.25, 0.3) is 5.91 Å². The van der Waals surface area contributed by atoms with Crippen molar-refractivity contribution in [3.05, 3.63) is 46.6 Å². The van der Waals surface area contributed by atoms with Crippen LogP contribution in [0.4, 0.5) is 5.82 Å². The van der Waals surface area contributed by atoms with Gasteiger partial charge in [-0.3, -0.25) is 14.3 Å². The van der Waals surface area contributed by atoms with Crippen molar-refractivity contribution < 1.29 is 9.59 Å². The molecule has 3 rings (SSSR count). The van der Waals surface area contributed by atoms with Crippen LogP contribution in [0.15, 0.2) is 30.3 Å². The number of hydrogen-bond acceptors (Lipinski definition) is 3. The molecule has 0 bridgehead atoms. The van der Waals surface area contributed by atoms with E-state index in [2.05, 4.69) is 15.7 Å². The van der Waals surface area contributed by atoms with Crippen molar-refractivity contribution in [1.29, 1.82) is 0 Å². The Morgan fingerprint density at radius 3 is 2.62 bits per heavy atom. The summed E-state index contributed by atoms with van der Waals surface area (Å²) in [5.74, 6) is 0.377. The summed E-state index contributed by atoms with van der Waals surface area (Å²) in [5.41, 5.74) is 1.39. The van der Waals surface area contributed by atoms with E-state index in [-0.39, 0.29) is 17.7 Å². The fraction of sp³-hybridized carbons (Fsp3) is 0.421. The Morgan fingerprint density at radius 1 is 1.23 bits per heavy atom. The Kier molecular flexibility index (Phi) is 5.93. The topological polar surface area (TPSA) is 76.0 Å². The fourth-order valence-corrected chi connectivity index (χ4v) is 3.30. The van der Waals surface area contributed by atoms with Crippen molar-refractivity contribution >= 4 is 29.2 Å². The molecule has 2 amide bonds. The number of nitrogens with one attached hydrogen (secondary N) is 2. The second kappa shape index (κ2) is 8.36. The van der Waals surface area contributed by atoms with Crippen molar-refractivity contribution in [2.45, 2.75) is 32.1 Å². The van der Waals surface area contributed by atoms with E-state index in [1.54, 1.807) is 13.1 Å². The highest BCUT2D eigenvalue weighted by Gasteiger charge is 2.24. The first-order valence-electron chi connectivity index (χ1n) is 8.90. The molecule has 1 aliphatic carbocycles. The van der Waals surface area contributed by atoms with Crippen LogP contribution in [0.5, 0.6) is 0 Å².